The molecule has 1 aromatic rings. The van der Waals surface area contributed by atoms with Crippen LogP contribution in [0.5, 0.6) is 0 Å². The second-order valence-electron chi connectivity index (χ2n) is 8.89. The maximum Gasteiger partial charge on any atom is 0.408 e. The Balaban J connectivity index is 2.00. The van der Waals surface area contributed by atoms with E-state index in [0.717, 1.165) is 0 Å². The standard InChI is InChI=1S/C22H33N3O5/c1-15(2)16-7-9-17(10-8-16)23-19(27)25-13-11-22(12-14-25,18(26)29-6)24-20(28)30-21(3,4)5/h7-10,15H,11-14H2,1-6H3,(H,23,27)(H,24,28). The van der Waals surface area contributed by atoms with Crippen molar-refractivity contribution in [3.8, 4) is 0 Å². The van der Waals surface area contributed by atoms with Gasteiger partial charge in [-0.2, -0.15) is 0 Å². The number of esters is 1. The molecule has 30 heavy (non-hydrogen) atoms. The smallest absolute Gasteiger partial charge is 0.408 e. The zero-order chi connectivity index (χ0) is 22.5. The van der Waals surface area contributed by atoms with Crippen molar-refractivity contribution in [3.05, 3.63) is 29.8 Å². The summed E-state index contributed by atoms with van der Waals surface area (Å²) >= 11 is 0. The Morgan fingerprint density at radius 3 is 2.10 bits per heavy atom. The summed E-state index contributed by atoms with van der Waals surface area (Å²) in [5.41, 5.74) is 0.00278. The molecule has 1 fully saturated rings. The number of likely N-dealkylation sites (tertiary alicyclic amines) is 1. The highest BCUT2D eigenvalue weighted by atomic mass is 16.6. The van der Waals surface area contributed by atoms with E-state index >= 15 is 0 Å². The van der Waals surface area contributed by atoms with Gasteiger partial charge in [0.2, 0.25) is 0 Å². The fourth-order valence-electron chi connectivity index (χ4n) is 3.32. The number of carbonyl (C=O) groups is 3. The Labute approximate surface area is 178 Å². The summed E-state index contributed by atoms with van der Waals surface area (Å²) in [5, 5.41) is 5.55. The van der Waals surface area contributed by atoms with Gasteiger partial charge in [0.15, 0.2) is 0 Å². The molecule has 166 valence electrons. The van der Waals surface area contributed by atoms with Gasteiger partial charge in [0.05, 0.1) is 7.11 Å². The van der Waals surface area contributed by atoms with Crippen LogP contribution in [-0.4, -0.2) is 54.3 Å². The van der Waals surface area contributed by atoms with Crippen LogP contribution in [0.15, 0.2) is 24.3 Å². The van der Waals surface area contributed by atoms with Gasteiger partial charge in [-0.3, -0.25) is 0 Å². The lowest BCUT2D eigenvalue weighted by atomic mass is 9.87. The van der Waals surface area contributed by atoms with Crippen LogP contribution in [0.4, 0.5) is 15.3 Å². The molecule has 3 amide bonds. The molecule has 0 unspecified atom stereocenters. The average Bonchev–Trinajstić information content (AvgIpc) is 2.66. The molecule has 0 radical (unpaired) electrons. The van der Waals surface area contributed by atoms with Crippen LogP contribution in [0.3, 0.4) is 0 Å². The van der Waals surface area contributed by atoms with Gasteiger partial charge in [-0.15, -0.1) is 0 Å². The molecular weight excluding hydrogens is 386 g/mol. The number of hydrogen-bond donors (Lipinski definition) is 2. The molecule has 0 aliphatic carbocycles. The topological polar surface area (TPSA) is 97.0 Å². The SMILES string of the molecule is COC(=O)C1(NC(=O)OC(C)(C)C)CCN(C(=O)Nc2ccc(C(C)C)cc2)CC1. The second-order valence-corrected chi connectivity index (χ2v) is 8.89. The quantitative estimate of drug-likeness (QED) is 0.722. The lowest BCUT2D eigenvalue weighted by molar-refractivity contribution is -0.150. The van der Waals surface area contributed by atoms with Crippen LogP contribution in [0.2, 0.25) is 0 Å². The highest BCUT2D eigenvalue weighted by Gasteiger charge is 2.45. The Morgan fingerprint density at radius 1 is 1.07 bits per heavy atom. The Morgan fingerprint density at radius 2 is 1.63 bits per heavy atom. The monoisotopic (exact) mass is 419 g/mol. The van der Waals surface area contributed by atoms with E-state index in [2.05, 4.69) is 24.5 Å². The molecule has 1 aliphatic heterocycles. The highest BCUT2D eigenvalue weighted by molar-refractivity contribution is 5.90. The summed E-state index contributed by atoms with van der Waals surface area (Å²) in [7, 11) is 1.28. The largest absolute Gasteiger partial charge is 0.467 e. The zero-order valence-corrected chi connectivity index (χ0v) is 18.7. The van der Waals surface area contributed by atoms with Gasteiger partial charge in [0, 0.05) is 18.8 Å². The van der Waals surface area contributed by atoms with Gasteiger partial charge in [0.25, 0.3) is 0 Å². The van der Waals surface area contributed by atoms with Crippen LogP contribution in [0.1, 0.15) is 58.9 Å². The van der Waals surface area contributed by atoms with Crippen molar-refractivity contribution in [1.82, 2.24) is 10.2 Å². The molecule has 0 atom stereocenters. The van der Waals surface area contributed by atoms with E-state index in [9.17, 15) is 14.4 Å². The van der Waals surface area contributed by atoms with E-state index in [1.165, 1.54) is 12.7 Å². The molecule has 0 bridgehead atoms. The first-order valence-electron chi connectivity index (χ1n) is 10.2. The second kappa shape index (κ2) is 9.36. The number of nitrogens with zero attached hydrogens (tertiary/aromatic N) is 1. The van der Waals surface area contributed by atoms with Gasteiger partial charge in [0.1, 0.15) is 11.1 Å². The van der Waals surface area contributed by atoms with Gasteiger partial charge < -0.3 is 25.0 Å². The summed E-state index contributed by atoms with van der Waals surface area (Å²) < 4.78 is 10.2. The number of hydrogen-bond acceptors (Lipinski definition) is 5. The molecule has 1 saturated heterocycles. The third-order valence-electron chi connectivity index (χ3n) is 5.05. The first-order chi connectivity index (χ1) is 14.0. The van der Waals surface area contributed by atoms with Gasteiger partial charge in [-0.05, 0) is 57.2 Å². The fraction of sp³-hybridized carbons (Fsp3) is 0.591. The van der Waals surface area contributed by atoms with E-state index < -0.39 is 23.2 Å². The van der Waals surface area contributed by atoms with Crippen molar-refractivity contribution in [2.75, 3.05) is 25.5 Å². The Bertz CT molecular complexity index is 760. The molecule has 0 aromatic heterocycles. The molecule has 2 N–H and O–H groups in total. The molecule has 8 nitrogen and oxygen atoms in total. The Hall–Kier alpha value is -2.77. The number of ether oxygens (including phenoxy) is 2. The fourth-order valence-corrected chi connectivity index (χ4v) is 3.32. The number of amides is 3. The van der Waals surface area contributed by atoms with Crippen LogP contribution < -0.4 is 10.6 Å². The van der Waals surface area contributed by atoms with Crippen molar-refractivity contribution in [3.63, 3.8) is 0 Å². The first kappa shape index (κ1) is 23.5. The Kier molecular flexibility index (Phi) is 7.34. The molecule has 1 aromatic carbocycles. The normalized spacial score (nSPS) is 16.0. The van der Waals surface area contributed by atoms with Crippen LogP contribution in [0, 0.1) is 0 Å². The van der Waals surface area contributed by atoms with E-state index in [1.54, 1.807) is 25.7 Å². The molecule has 8 heteroatoms. The van der Waals surface area contributed by atoms with Gasteiger partial charge in [-0.25, -0.2) is 14.4 Å². The van der Waals surface area contributed by atoms with E-state index in [-0.39, 0.29) is 18.9 Å². The van der Waals surface area contributed by atoms with Crippen LogP contribution in [0.25, 0.3) is 0 Å². The summed E-state index contributed by atoms with van der Waals surface area (Å²) in [6, 6.07) is 7.48. The average molecular weight is 420 g/mol. The predicted molar refractivity (Wildman–Crippen MR) is 114 cm³/mol. The van der Waals surface area contributed by atoms with Crippen LogP contribution in [-0.2, 0) is 14.3 Å². The van der Waals surface area contributed by atoms with Gasteiger partial charge in [-0.1, -0.05) is 26.0 Å². The minimum Gasteiger partial charge on any atom is -0.467 e. The minimum absolute atomic E-state index is 0.235. The molecule has 2 rings (SSSR count). The van der Waals surface area contributed by atoms with Crippen molar-refractivity contribution in [2.24, 2.45) is 0 Å². The number of rotatable bonds is 4. The summed E-state index contributed by atoms with van der Waals surface area (Å²) in [5.74, 6) is -0.126. The number of alkyl carbamates (subject to hydrolysis) is 1. The van der Waals surface area contributed by atoms with Gasteiger partial charge >= 0.3 is 18.1 Å². The summed E-state index contributed by atoms with van der Waals surface area (Å²) in [6.07, 6.45) is -0.215. The number of nitrogens with one attached hydrogen (secondary N) is 2. The number of piperidine rings is 1. The molecule has 1 aliphatic rings. The molecule has 1 heterocycles. The highest BCUT2D eigenvalue weighted by Crippen LogP contribution is 2.26. The number of anilines is 1. The predicted octanol–water partition coefficient (Wildman–Crippen LogP) is 3.87. The number of urea groups is 1. The lowest BCUT2D eigenvalue weighted by Crippen LogP contribution is -2.61. The zero-order valence-electron chi connectivity index (χ0n) is 18.7. The van der Waals surface area contributed by atoms with Crippen molar-refractivity contribution in [1.29, 1.82) is 0 Å². The maximum absolute atomic E-state index is 12.6. The van der Waals surface area contributed by atoms with E-state index in [4.69, 9.17) is 9.47 Å². The number of methoxy groups -OCH3 is 1. The summed E-state index contributed by atoms with van der Waals surface area (Å²) in [6.45, 7) is 10.1. The minimum atomic E-state index is -1.22. The molecular formula is C22H33N3O5. The van der Waals surface area contributed by atoms with Crippen molar-refractivity contribution < 1.29 is 23.9 Å². The molecule has 0 spiro atoms. The third-order valence-corrected chi connectivity index (χ3v) is 5.05. The van der Waals surface area contributed by atoms with Crippen molar-refractivity contribution in [2.45, 2.75) is 64.5 Å². The maximum atomic E-state index is 12.6. The first-order valence-corrected chi connectivity index (χ1v) is 10.2. The van der Waals surface area contributed by atoms with Crippen molar-refractivity contribution >= 4 is 23.8 Å². The summed E-state index contributed by atoms with van der Waals surface area (Å²) in [4.78, 5) is 38.9. The molecule has 0 saturated carbocycles. The lowest BCUT2D eigenvalue weighted by Gasteiger charge is -2.40. The van der Waals surface area contributed by atoms with E-state index in [1.807, 2.05) is 24.3 Å². The third kappa shape index (κ3) is 6.11. The van der Waals surface area contributed by atoms with Crippen LogP contribution >= 0.6 is 0 Å². The van der Waals surface area contributed by atoms with E-state index in [0.29, 0.717) is 24.7 Å². The number of carbonyl (C=O) groups excluding carboxylic acids is 3. The number of benzene rings is 1.